The monoisotopic (exact) mass is 1570 g/mol. The minimum Gasteiger partial charge on any atom is -0.508 e. The molecule has 2 aliphatic heterocycles. The zero-order valence-corrected chi connectivity index (χ0v) is 65.1. The minimum absolute atomic E-state index is 0.0625. The average Bonchev–Trinajstić information content (AvgIpc) is 0.786. The Bertz CT molecular complexity index is 3430. The van der Waals surface area contributed by atoms with Crippen LogP contribution in [0.1, 0.15) is 158 Å². The number of nitrogens with zero attached hydrogens (tertiary/aromatic N) is 4. The number of carbonyl (C=O) groups excluding carboxylic acids is 13. The van der Waals surface area contributed by atoms with Gasteiger partial charge < -0.3 is 127 Å². The van der Waals surface area contributed by atoms with E-state index in [1.54, 1.807) is 20.8 Å². The first-order chi connectivity index (χ1) is 51.8. The maximum Gasteiger partial charge on any atom is 0.329 e. The first kappa shape index (κ1) is 95.1. The van der Waals surface area contributed by atoms with Crippen LogP contribution in [-0.2, 0) is 76.6 Å². The predicted molar refractivity (Wildman–Crippen MR) is 400 cm³/mol. The third-order valence-corrected chi connectivity index (χ3v) is 19.5. The molecule has 0 radical (unpaired) electrons. The predicted octanol–water partition coefficient (Wildman–Crippen LogP) is -5.46. The highest BCUT2D eigenvalue weighted by Gasteiger charge is 2.47. The number of phenolic OH excluding ortho intramolecular Hbond substituents is 1. The highest BCUT2D eigenvalue weighted by Crippen LogP contribution is 2.30. The van der Waals surface area contributed by atoms with Crippen LogP contribution in [0.5, 0.6) is 5.75 Å². The summed E-state index contributed by atoms with van der Waals surface area (Å²) in [5, 5.41) is 86.0. The Morgan fingerprint density at radius 2 is 1.26 bits per heavy atom. The van der Waals surface area contributed by atoms with Gasteiger partial charge in [0.15, 0.2) is 18.0 Å². The summed E-state index contributed by atoms with van der Waals surface area (Å²) in [6, 6.07) is -13.3. The van der Waals surface area contributed by atoms with Gasteiger partial charge in [-0.2, -0.15) is 0 Å². The number of carbonyl (C=O) groups is 14. The molecule has 1 aromatic rings. The van der Waals surface area contributed by atoms with Gasteiger partial charge in [0.2, 0.25) is 65.0 Å². The van der Waals surface area contributed by atoms with Crippen LogP contribution in [0.4, 0.5) is 0 Å². The van der Waals surface area contributed by atoms with Gasteiger partial charge in [-0.15, -0.1) is 0 Å². The molecule has 0 saturated carbocycles. The van der Waals surface area contributed by atoms with Gasteiger partial charge in [0.25, 0.3) is 5.91 Å². The fourth-order valence-electron chi connectivity index (χ4n) is 13.0. The Kier molecular flexibility index (Phi) is 38.8. The summed E-state index contributed by atoms with van der Waals surface area (Å²) in [6.45, 7) is 14.3. The van der Waals surface area contributed by atoms with Gasteiger partial charge >= 0.3 is 11.9 Å². The van der Waals surface area contributed by atoms with Crippen molar-refractivity contribution in [3.8, 4) is 5.75 Å². The standard InChI is InChI=1S/C71H118N18O22/c1-32(2)29-34(5)54(95)37(8)59(99)82-44(31-48(72)92)61(101)80-42(17-15-26-78-70(74)75)55(96)56(97)66(106)84-50(35(6)36(7)58(73)98)63(103)86-52-39(10)111-69(109)47-19-13-14-28-89(47)68(108)53(57(110-12)40-20-22-41(91)23-21-40)87-62(102)46(24-25-49(93)94)88(11)67(107)45(30-33(3)4)83-60(100)43(18-16-27-79-71(76)77)81-64(104)51(38(9)90)85-65(52)105/h20-23,32-39,42-47,50-57,90-91,95-97H,13-19,24-31H2,1-12H3,(H2,72,92)(H2,73,98)(H,80,101)(H,81,104)(H,82,99)(H,83,100)(H,84,106)(H,85,105)(H,86,103)(H,87,102)(H,93,94)(H4,74,75,78)(H4,76,77,79)/t34-,35-,36-,37-,38-,39-,42+,43-,44+,45+,46+,47+,50+,51-,52-,53-,54-,55-,56-,57-/m1/s1. The van der Waals surface area contributed by atoms with Crippen molar-refractivity contribution < 1.29 is 107 Å². The lowest BCUT2D eigenvalue weighted by Gasteiger charge is -2.39. The van der Waals surface area contributed by atoms with Crippen LogP contribution in [0, 0.1) is 35.5 Å². The number of nitrogens with two attached hydrogens (primary N) is 6. The number of rotatable bonds is 36. The van der Waals surface area contributed by atoms with E-state index in [0.717, 1.165) is 30.7 Å². The first-order valence-electron chi connectivity index (χ1n) is 37.0. The number of hydrogen-bond acceptors (Lipinski definition) is 23. The number of carboxylic acid groups (broad SMARTS) is 1. The van der Waals surface area contributed by atoms with Crippen molar-refractivity contribution in [3.05, 3.63) is 29.8 Å². The molecular weight excluding hydrogens is 1460 g/mol. The van der Waals surface area contributed by atoms with Crippen LogP contribution >= 0.6 is 0 Å². The van der Waals surface area contributed by atoms with Crippen LogP contribution in [0.3, 0.4) is 0 Å². The van der Waals surface area contributed by atoms with Crippen molar-refractivity contribution in [3.63, 3.8) is 0 Å². The van der Waals surface area contributed by atoms with E-state index in [9.17, 15) is 73.8 Å². The van der Waals surface area contributed by atoms with Gasteiger partial charge in [-0.1, -0.05) is 67.5 Å². The molecule has 0 spiro atoms. The Labute approximate surface area is 644 Å². The Morgan fingerprint density at radius 1 is 0.667 bits per heavy atom. The number of aliphatic hydroxyl groups excluding tert-OH is 4. The number of piperidine rings is 1. The van der Waals surface area contributed by atoms with E-state index < -0.39 is 229 Å². The molecule has 2 heterocycles. The van der Waals surface area contributed by atoms with Crippen LogP contribution in [0.2, 0.25) is 0 Å². The summed E-state index contributed by atoms with van der Waals surface area (Å²) in [4.78, 5) is 210. The van der Waals surface area contributed by atoms with Crippen molar-refractivity contribution >= 4 is 94.7 Å². The fourth-order valence-corrected chi connectivity index (χ4v) is 13.0. The third kappa shape index (κ3) is 29.6. The number of nitrogens with one attached hydrogen (secondary N) is 8. The third-order valence-electron chi connectivity index (χ3n) is 19.5. The molecule has 2 aliphatic rings. The number of primary amides is 2. The Balaban J connectivity index is 2.38. The number of aliphatic imine (C=N–C) groups is 2. The smallest absolute Gasteiger partial charge is 0.329 e. The number of cyclic esters (lactones) is 1. The number of ether oxygens (including phenoxy) is 2. The van der Waals surface area contributed by atoms with E-state index in [-0.39, 0.29) is 100 Å². The number of guanidine groups is 2. The Morgan fingerprint density at radius 3 is 1.81 bits per heavy atom. The molecule has 40 nitrogen and oxygen atoms in total. The summed E-state index contributed by atoms with van der Waals surface area (Å²) < 4.78 is 11.9. The molecule has 2 saturated heterocycles. The number of aromatic hydroxyl groups is 1. The highest BCUT2D eigenvalue weighted by atomic mass is 16.5. The van der Waals surface area contributed by atoms with Crippen molar-refractivity contribution in [1.29, 1.82) is 0 Å². The lowest BCUT2D eigenvalue weighted by molar-refractivity contribution is -0.165. The molecule has 0 bridgehead atoms. The molecule has 0 unspecified atom stereocenters. The van der Waals surface area contributed by atoms with Crippen LogP contribution < -0.4 is 76.9 Å². The topological polar surface area (TPSA) is 662 Å². The molecule has 111 heavy (non-hydrogen) atoms. The number of fused-ring (bicyclic) bond motifs is 1. The van der Waals surface area contributed by atoms with E-state index in [2.05, 4.69) is 52.5 Å². The second-order valence-corrected chi connectivity index (χ2v) is 29.4. The van der Waals surface area contributed by atoms with Crippen LogP contribution in [0.25, 0.3) is 0 Å². The maximum absolute atomic E-state index is 15.6. The largest absolute Gasteiger partial charge is 0.508 e. The normalized spacial score (nSPS) is 23.2. The molecule has 40 heteroatoms. The van der Waals surface area contributed by atoms with E-state index in [0.29, 0.717) is 6.42 Å². The molecule has 26 N–H and O–H groups in total. The van der Waals surface area contributed by atoms with Crippen molar-refractivity contribution in [2.75, 3.05) is 33.8 Å². The van der Waals surface area contributed by atoms with Crippen molar-refractivity contribution in [2.45, 2.75) is 243 Å². The number of hydrogen-bond donors (Lipinski definition) is 20. The molecule has 20 atom stereocenters. The number of benzene rings is 1. The van der Waals surface area contributed by atoms with Gasteiger partial charge in [-0.25, -0.2) is 4.79 Å². The van der Waals surface area contributed by atoms with E-state index in [4.69, 9.17) is 43.9 Å². The molecule has 1 aromatic carbocycles. The maximum atomic E-state index is 15.6. The van der Waals surface area contributed by atoms with E-state index in [1.807, 2.05) is 13.8 Å². The van der Waals surface area contributed by atoms with Crippen molar-refractivity contribution in [1.82, 2.24) is 52.3 Å². The van der Waals surface area contributed by atoms with Gasteiger partial charge in [0.1, 0.15) is 78.4 Å². The average molecular weight is 1580 g/mol. The SMILES string of the molecule is CO[C@H](c1ccc(O)cc1)[C@H]1NC(=O)[C@H](CCC(=O)O)N(C)C(=O)[C@H](CC(C)C)NC(=O)[C@@H](CCCN=C(N)N)NC(=O)[C@@H]([C@@H](C)O)NC(=O)[C@H](NC(=O)[C@@H](NC(=O)[C@H](O)[C@H](O)[C@H](CCCN=C(N)N)NC(=O)[C@H](CC(N)=O)NC(=O)[C@H](C)[C@H](O)[C@H](C)CC(C)C)[C@H](C)[C@@H](C)C(N)=O)[C@@H](C)OC(=O)[C@@H]2CCCCN2C1=O. The Hall–Kier alpha value is -10.1. The lowest BCUT2D eigenvalue weighted by atomic mass is 9.87. The number of esters is 1. The molecule has 3 rings (SSSR count). The number of aliphatic carboxylic acids is 1. The van der Waals surface area contributed by atoms with Gasteiger partial charge in [-0.05, 0) is 119 Å². The van der Waals surface area contributed by atoms with E-state index in [1.165, 1.54) is 52.1 Å². The number of methoxy groups -OCH3 is 1. The minimum atomic E-state index is -2.67. The number of amides is 12. The van der Waals surface area contributed by atoms with Crippen molar-refractivity contribution in [2.24, 2.45) is 79.9 Å². The van der Waals surface area contributed by atoms with E-state index >= 15 is 24.0 Å². The fraction of sp³-hybridized carbons (Fsp3) is 0.690. The molecule has 2 fully saturated rings. The second-order valence-electron chi connectivity index (χ2n) is 29.4. The molecule has 0 aromatic heterocycles. The highest BCUT2D eigenvalue weighted by molar-refractivity contribution is 6.00. The lowest BCUT2D eigenvalue weighted by Crippen LogP contribution is -2.65. The molecular formula is C71H118N18O22. The van der Waals surface area contributed by atoms with Crippen LogP contribution in [0.15, 0.2) is 34.3 Å². The van der Waals surface area contributed by atoms with Gasteiger partial charge in [0.05, 0.1) is 30.6 Å². The molecule has 624 valence electrons. The summed E-state index contributed by atoms with van der Waals surface area (Å²) in [6.07, 6.45) is -14.0. The zero-order valence-electron chi connectivity index (χ0n) is 65.1. The summed E-state index contributed by atoms with van der Waals surface area (Å²) >= 11 is 0. The van der Waals surface area contributed by atoms with Gasteiger partial charge in [-0.3, -0.25) is 72.3 Å². The quantitative estimate of drug-likeness (QED) is 0.0129. The second kappa shape index (κ2) is 45.3. The number of aliphatic hydroxyl groups is 4. The van der Waals surface area contributed by atoms with Gasteiger partial charge in [0, 0.05) is 46.1 Å². The summed E-state index contributed by atoms with van der Waals surface area (Å²) in [5.74, 6) is -22.5. The molecule has 0 aliphatic carbocycles. The summed E-state index contributed by atoms with van der Waals surface area (Å²) in [5.41, 5.74) is 33.6. The number of carboxylic acids is 1. The number of likely N-dealkylation sites (N-methyl/N-ethyl adjacent to an activating group) is 1. The summed E-state index contributed by atoms with van der Waals surface area (Å²) in [7, 11) is 2.34. The van der Waals surface area contributed by atoms with Crippen LogP contribution in [-0.4, -0.2) is 260 Å². The number of phenols is 1. The zero-order chi connectivity index (χ0) is 84.2. The first-order valence-corrected chi connectivity index (χ1v) is 37.0. The molecule has 12 amide bonds.